The van der Waals surface area contributed by atoms with Crippen molar-refractivity contribution in [3.8, 4) is 0 Å². The maximum absolute atomic E-state index is 6.55. The predicted molar refractivity (Wildman–Crippen MR) is 93.9 cm³/mol. The van der Waals surface area contributed by atoms with E-state index in [2.05, 4.69) is 84.1 Å². The molecule has 0 radical (unpaired) electrons. The molecule has 0 aromatic heterocycles. The van der Waals surface area contributed by atoms with Crippen LogP contribution in [0.4, 0.5) is 0 Å². The van der Waals surface area contributed by atoms with Crippen molar-refractivity contribution in [1.82, 2.24) is 0 Å². The molecule has 1 aliphatic carbocycles. The Morgan fingerprint density at radius 2 is 1.67 bits per heavy atom. The Morgan fingerprint density at radius 3 is 2.19 bits per heavy atom. The molecule has 0 heterocycles. The number of benzene rings is 1. The first-order chi connectivity index (χ1) is 9.53. The normalized spacial score (nSPS) is 22.0. The van der Waals surface area contributed by atoms with Crippen LogP contribution in [-0.4, -0.2) is 8.32 Å². The van der Waals surface area contributed by atoms with E-state index in [0.717, 1.165) is 6.42 Å². The summed E-state index contributed by atoms with van der Waals surface area (Å²) in [7, 11) is -1.73. The summed E-state index contributed by atoms with van der Waals surface area (Å²) in [6.45, 7) is 16.3. The van der Waals surface area contributed by atoms with Gasteiger partial charge in [0.25, 0.3) is 0 Å². The number of hydrogen-bond donors (Lipinski definition) is 0. The van der Waals surface area contributed by atoms with Crippen molar-refractivity contribution in [1.29, 1.82) is 0 Å². The summed E-state index contributed by atoms with van der Waals surface area (Å²) in [4.78, 5) is 0. The summed E-state index contributed by atoms with van der Waals surface area (Å²) in [5.74, 6) is 1.67. The number of rotatable bonds is 3. The van der Waals surface area contributed by atoms with Crippen LogP contribution in [0.1, 0.15) is 52.5 Å². The Morgan fingerprint density at radius 1 is 1.10 bits per heavy atom. The Hall–Kier alpha value is -1.02. The average molecular weight is 303 g/mol. The van der Waals surface area contributed by atoms with Gasteiger partial charge in [-0.15, -0.1) is 0 Å². The Balaban J connectivity index is 2.24. The van der Waals surface area contributed by atoms with Crippen molar-refractivity contribution in [2.24, 2.45) is 5.41 Å². The third-order valence-electron chi connectivity index (χ3n) is 5.18. The van der Waals surface area contributed by atoms with E-state index in [1.807, 2.05) is 0 Å². The minimum absolute atomic E-state index is 0.235. The maximum Gasteiger partial charge on any atom is 0.250 e. The predicted octanol–water partition coefficient (Wildman–Crippen LogP) is 6.11. The van der Waals surface area contributed by atoms with Gasteiger partial charge >= 0.3 is 0 Å². The largest absolute Gasteiger partial charge is 0.547 e. The van der Waals surface area contributed by atoms with Crippen LogP contribution in [0.5, 0.6) is 0 Å². The van der Waals surface area contributed by atoms with E-state index < -0.39 is 8.32 Å². The van der Waals surface area contributed by atoms with E-state index in [4.69, 9.17) is 4.43 Å². The molecule has 1 atom stereocenters. The Labute approximate surface area is 131 Å². The van der Waals surface area contributed by atoms with E-state index in [-0.39, 0.29) is 10.5 Å². The molecule has 0 N–H and O–H groups in total. The van der Waals surface area contributed by atoms with Crippen molar-refractivity contribution in [2.45, 2.75) is 65.1 Å². The van der Waals surface area contributed by atoms with Crippen LogP contribution in [0.15, 0.2) is 42.2 Å². The smallest absolute Gasteiger partial charge is 0.250 e. The Bertz CT molecular complexity index is 520. The molecule has 0 bridgehead atoms. The second-order valence-electron chi connectivity index (χ2n) is 8.55. The van der Waals surface area contributed by atoms with Gasteiger partial charge in [-0.05, 0) is 35.2 Å². The highest BCUT2D eigenvalue weighted by molar-refractivity contribution is 6.74. The molecule has 0 aliphatic heterocycles. The number of allylic oxidation sites excluding steroid dienone is 2. The third kappa shape index (κ3) is 3.42. The second kappa shape index (κ2) is 5.31. The van der Waals surface area contributed by atoms with Gasteiger partial charge in [0, 0.05) is 12.3 Å². The van der Waals surface area contributed by atoms with E-state index in [0.29, 0.717) is 5.92 Å². The molecule has 2 rings (SSSR count). The molecular weight excluding hydrogens is 272 g/mol. The molecule has 21 heavy (non-hydrogen) atoms. The molecule has 1 aliphatic rings. The molecule has 0 saturated heterocycles. The lowest BCUT2D eigenvalue weighted by atomic mass is 9.77. The molecule has 2 heteroatoms. The van der Waals surface area contributed by atoms with Crippen molar-refractivity contribution >= 4 is 8.32 Å². The fourth-order valence-electron chi connectivity index (χ4n) is 2.79. The topological polar surface area (TPSA) is 9.23 Å². The molecule has 1 unspecified atom stereocenters. The van der Waals surface area contributed by atoms with Crippen LogP contribution < -0.4 is 0 Å². The quantitative estimate of drug-likeness (QED) is 0.612. The minimum Gasteiger partial charge on any atom is -0.547 e. The maximum atomic E-state index is 6.55. The van der Waals surface area contributed by atoms with Gasteiger partial charge < -0.3 is 4.43 Å². The number of hydrogen-bond acceptors (Lipinski definition) is 1. The van der Waals surface area contributed by atoms with Crippen molar-refractivity contribution in [3.63, 3.8) is 0 Å². The molecule has 116 valence electrons. The average Bonchev–Trinajstić information content (AvgIpc) is 2.63. The molecular formula is C19H30OSi. The lowest BCUT2D eigenvalue weighted by molar-refractivity contribution is 0.297. The van der Waals surface area contributed by atoms with Crippen LogP contribution in [0.3, 0.4) is 0 Å². The van der Waals surface area contributed by atoms with Crippen LogP contribution in [-0.2, 0) is 4.43 Å². The van der Waals surface area contributed by atoms with Gasteiger partial charge in [-0.1, -0.05) is 65.0 Å². The lowest BCUT2D eigenvalue weighted by Gasteiger charge is -2.37. The first-order valence-corrected chi connectivity index (χ1v) is 10.9. The third-order valence-corrected chi connectivity index (χ3v) is 9.56. The monoisotopic (exact) mass is 302 g/mol. The Kier molecular flexibility index (Phi) is 4.14. The summed E-state index contributed by atoms with van der Waals surface area (Å²) in [5, 5.41) is 0.253. The summed E-state index contributed by atoms with van der Waals surface area (Å²) in [6, 6.07) is 10.8. The highest BCUT2D eigenvalue weighted by atomic mass is 28.4. The lowest BCUT2D eigenvalue weighted by Crippen LogP contribution is -2.40. The molecule has 1 aromatic carbocycles. The standard InChI is InChI=1S/C19H30OSi/c1-18(2,3)21(6,7)20-16-13-17(19(4,5)14-16)15-11-9-8-10-12-15/h8-13,17H,14H2,1-7H3. The van der Waals surface area contributed by atoms with E-state index in [1.165, 1.54) is 11.3 Å². The van der Waals surface area contributed by atoms with Gasteiger partial charge in [0.1, 0.15) is 0 Å². The minimum atomic E-state index is -1.73. The van der Waals surface area contributed by atoms with Crippen LogP contribution in [0, 0.1) is 5.41 Å². The van der Waals surface area contributed by atoms with Crippen LogP contribution in [0.25, 0.3) is 0 Å². The highest BCUT2D eigenvalue weighted by Gasteiger charge is 2.43. The van der Waals surface area contributed by atoms with Crippen molar-refractivity contribution in [2.75, 3.05) is 0 Å². The van der Waals surface area contributed by atoms with E-state index in [9.17, 15) is 0 Å². The van der Waals surface area contributed by atoms with Crippen LogP contribution >= 0.6 is 0 Å². The molecule has 0 saturated carbocycles. The molecule has 1 aromatic rings. The van der Waals surface area contributed by atoms with Gasteiger partial charge in [0.15, 0.2) is 0 Å². The summed E-state index contributed by atoms with van der Waals surface area (Å²) < 4.78 is 6.55. The zero-order valence-electron chi connectivity index (χ0n) is 14.7. The first kappa shape index (κ1) is 16.3. The first-order valence-electron chi connectivity index (χ1n) is 7.98. The summed E-state index contributed by atoms with van der Waals surface area (Å²) in [5.41, 5.74) is 1.63. The van der Waals surface area contributed by atoms with Crippen molar-refractivity contribution < 1.29 is 4.43 Å². The zero-order chi connectivity index (χ0) is 15.9. The van der Waals surface area contributed by atoms with Crippen LogP contribution in [0.2, 0.25) is 18.1 Å². The summed E-state index contributed by atoms with van der Waals surface area (Å²) in [6.07, 6.45) is 3.41. The molecule has 0 spiro atoms. The zero-order valence-corrected chi connectivity index (χ0v) is 15.7. The molecule has 1 nitrogen and oxygen atoms in total. The fraction of sp³-hybridized carbons (Fsp3) is 0.579. The van der Waals surface area contributed by atoms with Gasteiger partial charge in [0.05, 0.1) is 5.76 Å². The fourth-order valence-corrected chi connectivity index (χ4v) is 3.89. The van der Waals surface area contributed by atoms with Gasteiger partial charge in [-0.2, -0.15) is 0 Å². The summed E-state index contributed by atoms with van der Waals surface area (Å²) >= 11 is 0. The molecule has 0 fully saturated rings. The van der Waals surface area contributed by atoms with Gasteiger partial charge in [-0.3, -0.25) is 0 Å². The van der Waals surface area contributed by atoms with Gasteiger partial charge in [0.2, 0.25) is 8.32 Å². The molecule has 0 amide bonds. The van der Waals surface area contributed by atoms with Crippen molar-refractivity contribution in [3.05, 3.63) is 47.7 Å². The second-order valence-corrected chi connectivity index (χ2v) is 13.3. The van der Waals surface area contributed by atoms with Gasteiger partial charge in [-0.25, -0.2) is 0 Å². The van der Waals surface area contributed by atoms with E-state index >= 15 is 0 Å². The van der Waals surface area contributed by atoms with E-state index in [1.54, 1.807) is 0 Å². The highest BCUT2D eigenvalue weighted by Crippen LogP contribution is 2.49. The SMILES string of the molecule is CC1(C)CC(O[Si](C)(C)C(C)(C)C)=CC1c1ccccc1.